The van der Waals surface area contributed by atoms with Gasteiger partial charge in [0.15, 0.2) is 11.5 Å². The molecule has 28 heavy (non-hydrogen) atoms. The Balaban J connectivity index is 1.61. The smallest absolute Gasteiger partial charge is 0.244 e. The van der Waals surface area contributed by atoms with E-state index in [4.69, 9.17) is 18.4 Å². The minimum Gasteiger partial charge on any atom is -0.493 e. The van der Waals surface area contributed by atoms with Crippen molar-refractivity contribution in [2.75, 3.05) is 7.11 Å². The highest BCUT2D eigenvalue weighted by atomic mass is 16.5. The van der Waals surface area contributed by atoms with Crippen molar-refractivity contribution in [1.29, 1.82) is 0 Å². The van der Waals surface area contributed by atoms with Crippen LogP contribution in [0.4, 0.5) is 0 Å². The van der Waals surface area contributed by atoms with Gasteiger partial charge in [0, 0.05) is 6.08 Å². The number of benzene rings is 1. The Hall–Kier alpha value is -3.48. The van der Waals surface area contributed by atoms with Gasteiger partial charge in [0.1, 0.15) is 18.1 Å². The molecule has 0 aliphatic heterocycles. The van der Waals surface area contributed by atoms with Gasteiger partial charge in [-0.1, -0.05) is 11.2 Å². The number of amides is 1. The second-order valence-corrected chi connectivity index (χ2v) is 6.13. The molecule has 0 bridgehead atoms. The minimum absolute atomic E-state index is 0.214. The molecule has 0 spiro atoms. The molecular weight excluding hydrogens is 360 g/mol. The zero-order valence-corrected chi connectivity index (χ0v) is 16.0. The summed E-state index contributed by atoms with van der Waals surface area (Å²) in [5.41, 5.74) is 2.53. The number of aromatic nitrogens is 1. The van der Waals surface area contributed by atoms with Crippen molar-refractivity contribution in [2.45, 2.75) is 27.0 Å². The average Bonchev–Trinajstić information content (AvgIpc) is 3.33. The molecule has 0 unspecified atom stereocenters. The Morgan fingerprint density at radius 3 is 2.79 bits per heavy atom. The molecule has 1 amide bonds. The predicted molar refractivity (Wildman–Crippen MR) is 103 cm³/mol. The van der Waals surface area contributed by atoms with Crippen LogP contribution in [0, 0.1) is 13.8 Å². The van der Waals surface area contributed by atoms with Gasteiger partial charge in [-0.05, 0) is 49.8 Å². The van der Waals surface area contributed by atoms with E-state index in [2.05, 4.69) is 10.5 Å². The number of carbonyl (C=O) groups is 1. The van der Waals surface area contributed by atoms with E-state index in [0.717, 1.165) is 22.6 Å². The number of nitrogens with one attached hydrogen (secondary N) is 1. The van der Waals surface area contributed by atoms with Gasteiger partial charge >= 0.3 is 0 Å². The second-order valence-electron chi connectivity index (χ2n) is 6.13. The van der Waals surface area contributed by atoms with Gasteiger partial charge in [-0.2, -0.15) is 0 Å². The molecule has 0 fully saturated rings. The quantitative estimate of drug-likeness (QED) is 0.596. The summed E-state index contributed by atoms with van der Waals surface area (Å²) in [7, 11) is 1.57. The summed E-state index contributed by atoms with van der Waals surface area (Å²) in [6, 6.07) is 9.03. The van der Waals surface area contributed by atoms with Crippen LogP contribution in [0.25, 0.3) is 6.08 Å². The molecule has 0 radical (unpaired) electrons. The number of hydrogen-bond donors (Lipinski definition) is 1. The molecule has 2 heterocycles. The van der Waals surface area contributed by atoms with Crippen LogP contribution in [-0.4, -0.2) is 18.2 Å². The normalized spacial score (nSPS) is 11.0. The number of aryl methyl sites for hydroxylation is 2. The number of nitrogens with zero attached hydrogens (tertiary/aromatic N) is 1. The zero-order chi connectivity index (χ0) is 19.9. The fourth-order valence-corrected chi connectivity index (χ4v) is 2.58. The Bertz CT molecular complexity index is 938. The molecule has 0 aliphatic rings. The standard InChI is InChI=1S/C21H22N2O5/c1-14-18(15(2)28-23-14)13-27-19-8-6-16(11-20(19)25-3)7-9-21(24)22-12-17-5-4-10-26-17/h4-11H,12-13H2,1-3H3,(H,22,24). The summed E-state index contributed by atoms with van der Waals surface area (Å²) in [5.74, 6) is 2.39. The van der Waals surface area contributed by atoms with Gasteiger partial charge in [-0.15, -0.1) is 0 Å². The van der Waals surface area contributed by atoms with Crippen LogP contribution in [0.3, 0.4) is 0 Å². The number of rotatable bonds is 8. The number of hydrogen-bond acceptors (Lipinski definition) is 6. The third-order valence-corrected chi connectivity index (χ3v) is 4.19. The maximum Gasteiger partial charge on any atom is 0.244 e. The lowest BCUT2D eigenvalue weighted by atomic mass is 10.2. The monoisotopic (exact) mass is 382 g/mol. The average molecular weight is 382 g/mol. The van der Waals surface area contributed by atoms with Gasteiger partial charge < -0.3 is 23.7 Å². The van der Waals surface area contributed by atoms with E-state index in [1.165, 1.54) is 6.08 Å². The van der Waals surface area contributed by atoms with E-state index in [0.29, 0.717) is 30.4 Å². The lowest BCUT2D eigenvalue weighted by molar-refractivity contribution is -0.116. The number of methoxy groups -OCH3 is 1. The van der Waals surface area contributed by atoms with Gasteiger partial charge in [-0.3, -0.25) is 4.79 Å². The second kappa shape index (κ2) is 8.94. The molecule has 0 saturated heterocycles. The van der Waals surface area contributed by atoms with E-state index >= 15 is 0 Å². The first-order valence-corrected chi connectivity index (χ1v) is 8.77. The summed E-state index contributed by atoms with van der Waals surface area (Å²) >= 11 is 0. The van der Waals surface area contributed by atoms with Crippen LogP contribution in [0.1, 0.15) is 28.3 Å². The minimum atomic E-state index is -0.214. The lowest BCUT2D eigenvalue weighted by Crippen LogP contribution is -2.19. The summed E-state index contributed by atoms with van der Waals surface area (Å²) in [4.78, 5) is 11.9. The van der Waals surface area contributed by atoms with E-state index < -0.39 is 0 Å². The molecule has 7 nitrogen and oxygen atoms in total. The number of furan rings is 1. The van der Waals surface area contributed by atoms with Crippen LogP contribution >= 0.6 is 0 Å². The summed E-state index contributed by atoms with van der Waals surface area (Å²) in [5, 5.41) is 6.67. The molecule has 2 aromatic heterocycles. The Labute approximate surface area is 162 Å². The van der Waals surface area contributed by atoms with Crippen molar-refractivity contribution in [2.24, 2.45) is 0 Å². The van der Waals surface area contributed by atoms with E-state index in [1.807, 2.05) is 19.9 Å². The highest BCUT2D eigenvalue weighted by molar-refractivity contribution is 5.91. The van der Waals surface area contributed by atoms with Crippen molar-refractivity contribution in [3.8, 4) is 11.5 Å². The first-order chi connectivity index (χ1) is 13.6. The van der Waals surface area contributed by atoms with Crippen LogP contribution in [-0.2, 0) is 17.9 Å². The van der Waals surface area contributed by atoms with Gasteiger partial charge in [0.05, 0.1) is 31.2 Å². The van der Waals surface area contributed by atoms with Gasteiger partial charge in [0.2, 0.25) is 5.91 Å². The van der Waals surface area contributed by atoms with Crippen LogP contribution in [0.5, 0.6) is 11.5 Å². The fourth-order valence-electron chi connectivity index (χ4n) is 2.58. The topological polar surface area (TPSA) is 86.7 Å². The van der Waals surface area contributed by atoms with Crippen LogP contribution in [0.15, 0.2) is 51.6 Å². The van der Waals surface area contributed by atoms with Crippen molar-refractivity contribution >= 4 is 12.0 Å². The molecule has 0 atom stereocenters. The summed E-state index contributed by atoms with van der Waals surface area (Å²) in [6.45, 7) is 4.40. The zero-order valence-electron chi connectivity index (χ0n) is 16.0. The van der Waals surface area contributed by atoms with Crippen molar-refractivity contribution in [3.63, 3.8) is 0 Å². The van der Waals surface area contributed by atoms with E-state index in [9.17, 15) is 4.79 Å². The molecule has 3 aromatic rings. The molecule has 1 N–H and O–H groups in total. The highest BCUT2D eigenvalue weighted by Crippen LogP contribution is 2.30. The number of ether oxygens (including phenoxy) is 2. The van der Waals surface area contributed by atoms with E-state index in [1.54, 1.807) is 43.7 Å². The largest absolute Gasteiger partial charge is 0.493 e. The maximum absolute atomic E-state index is 11.9. The van der Waals surface area contributed by atoms with Crippen molar-refractivity contribution in [1.82, 2.24) is 10.5 Å². The molecule has 3 rings (SSSR count). The fraction of sp³-hybridized carbons (Fsp3) is 0.238. The third-order valence-electron chi connectivity index (χ3n) is 4.19. The molecule has 0 aliphatic carbocycles. The number of carbonyl (C=O) groups excluding carboxylic acids is 1. The molecule has 7 heteroatoms. The maximum atomic E-state index is 11.9. The molecule has 146 valence electrons. The summed E-state index contributed by atoms with van der Waals surface area (Å²) < 4.78 is 21.6. The van der Waals surface area contributed by atoms with Crippen LogP contribution in [0.2, 0.25) is 0 Å². The summed E-state index contributed by atoms with van der Waals surface area (Å²) in [6.07, 6.45) is 4.74. The van der Waals surface area contributed by atoms with E-state index in [-0.39, 0.29) is 5.91 Å². The Morgan fingerprint density at radius 2 is 2.11 bits per heavy atom. The van der Waals surface area contributed by atoms with Gasteiger partial charge in [0.25, 0.3) is 0 Å². The Morgan fingerprint density at radius 1 is 1.25 bits per heavy atom. The highest BCUT2D eigenvalue weighted by Gasteiger charge is 2.12. The molecular formula is C21H22N2O5. The third kappa shape index (κ3) is 4.82. The first-order valence-electron chi connectivity index (χ1n) is 8.77. The van der Waals surface area contributed by atoms with Crippen molar-refractivity contribution in [3.05, 3.63) is 71.0 Å². The molecule has 0 saturated carbocycles. The lowest BCUT2D eigenvalue weighted by Gasteiger charge is -2.11. The SMILES string of the molecule is COc1cc(C=CC(=O)NCc2ccco2)ccc1OCc1c(C)noc1C. The molecule has 1 aromatic carbocycles. The first kappa shape index (κ1) is 19.3. The van der Waals surface area contributed by atoms with Crippen molar-refractivity contribution < 1.29 is 23.2 Å². The predicted octanol–water partition coefficient (Wildman–Crippen LogP) is 3.80. The van der Waals surface area contributed by atoms with Crippen LogP contribution < -0.4 is 14.8 Å². The Kier molecular flexibility index (Phi) is 6.16. The van der Waals surface area contributed by atoms with Gasteiger partial charge in [-0.25, -0.2) is 0 Å².